The van der Waals surface area contributed by atoms with Crippen LogP contribution in [0.2, 0.25) is 0 Å². The molecule has 1 saturated carbocycles. The number of nitrogens with one attached hydrogen (secondary N) is 1. The van der Waals surface area contributed by atoms with E-state index in [0.717, 1.165) is 25.7 Å². The molecule has 6 nitrogen and oxygen atoms in total. The van der Waals surface area contributed by atoms with Crippen LogP contribution < -0.4 is 5.32 Å². The summed E-state index contributed by atoms with van der Waals surface area (Å²) in [7, 11) is 2.54. The Balaban J connectivity index is 2.53. The Morgan fingerprint density at radius 3 is 2.04 bits per heavy atom. The molecule has 124 valence electrons. The van der Waals surface area contributed by atoms with Gasteiger partial charge < -0.3 is 14.8 Å². The lowest BCUT2D eigenvalue weighted by Gasteiger charge is -2.18. The summed E-state index contributed by atoms with van der Waals surface area (Å²) in [6.07, 6.45) is 4.26. The molecule has 0 spiro atoms. The van der Waals surface area contributed by atoms with Gasteiger partial charge in [0.2, 0.25) is 0 Å². The Bertz CT molecular complexity index is 632. The van der Waals surface area contributed by atoms with E-state index in [0.29, 0.717) is 5.69 Å². The number of carbonyl (C=O) groups is 3. The summed E-state index contributed by atoms with van der Waals surface area (Å²) in [4.78, 5) is 35.8. The molecule has 0 aromatic heterocycles. The van der Waals surface area contributed by atoms with E-state index < -0.39 is 11.9 Å². The van der Waals surface area contributed by atoms with Gasteiger partial charge in [0.05, 0.1) is 25.3 Å². The monoisotopic (exact) mass is 319 g/mol. The van der Waals surface area contributed by atoms with E-state index in [2.05, 4.69) is 5.32 Å². The van der Waals surface area contributed by atoms with Crippen molar-refractivity contribution in [2.45, 2.75) is 38.6 Å². The lowest BCUT2D eigenvalue weighted by Crippen LogP contribution is -2.20. The average molecular weight is 319 g/mol. The molecule has 0 amide bonds. The molecule has 0 radical (unpaired) electrons. The molecule has 1 aromatic carbocycles. The SMILES string of the molecule is COC(=O)c1cc(C(C)=O)c(C(=O)OC)cc1NC1CCCC1. The number of methoxy groups -OCH3 is 2. The fraction of sp³-hybridized carbons (Fsp3) is 0.471. The zero-order valence-electron chi connectivity index (χ0n) is 13.6. The fourth-order valence-corrected chi connectivity index (χ4v) is 2.86. The zero-order chi connectivity index (χ0) is 17.0. The number of hydrogen-bond acceptors (Lipinski definition) is 6. The highest BCUT2D eigenvalue weighted by Gasteiger charge is 2.24. The van der Waals surface area contributed by atoms with Crippen LogP contribution in [0.5, 0.6) is 0 Å². The number of anilines is 1. The maximum absolute atomic E-state index is 12.0. The first-order valence-electron chi connectivity index (χ1n) is 7.60. The van der Waals surface area contributed by atoms with Crippen molar-refractivity contribution in [2.24, 2.45) is 0 Å². The van der Waals surface area contributed by atoms with Gasteiger partial charge in [0, 0.05) is 17.3 Å². The van der Waals surface area contributed by atoms with Crippen LogP contribution in [0.15, 0.2) is 12.1 Å². The van der Waals surface area contributed by atoms with Crippen LogP contribution in [-0.4, -0.2) is 38.0 Å². The minimum atomic E-state index is -0.610. The number of rotatable bonds is 5. The number of benzene rings is 1. The maximum Gasteiger partial charge on any atom is 0.339 e. The van der Waals surface area contributed by atoms with Gasteiger partial charge in [-0.25, -0.2) is 9.59 Å². The number of hydrogen-bond donors (Lipinski definition) is 1. The first kappa shape index (κ1) is 17.0. The van der Waals surface area contributed by atoms with E-state index in [9.17, 15) is 14.4 Å². The second kappa shape index (κ2) is 7.26. The molecule has 1 N–H and O–H groups in total. The molecule has 0 heterocycles. The van der Waals surface area contributed by atoms with Crippen molar-refractivity contribution in [3.8, 4) is 0 Å². The van der Waals surface area contributed by atoms with E-state index in [-0.39, 0.29) is 28.5 Å². The third kappa shape index (κ3) is 3.70. The molecule has 6 heteroatoms. The second-order valence-electron chi connectivity index (χ2n) is 5.61. The van der Waals surface area contributed by atoms with Crippen LogP contribution >= 0.6 is 0 Å². The smallest absolute Gasteiger partial charge is 0.339 e. The molecule has 0 bridgehead atoms. The number of esters is 2. The van der Waals surface area contributed by atoms with Crippen LogP contribution in [0, 0.1) is 0 Å². The molecule has 1 aliphatic rings. The number of Topliss-reactive ketones (excluding diaryl/α,β-unsaturated/α-hetero) is 1. The topological polar surface area (TPSA) is 81.7 Å². The summed E-state index contributed by atoms with van der Waals surface area (Å²) >= 11 is 0. The van der Waals surface area contributed by atoms with Crippen molar-refractivity contribution < 1.29 is 23.9 Å². The first-order valence-corrected chi connectivity index (χ1v) is 7.60. The van der Waals surface area contributed by atoms with E-state index in [4.69, 9.17) is 9.47 Å². The van der Waals surface area contributed by atoms with Crippen molar-refractivity contribution in [3.63, 3.8) is 0 Å². The molecular weight excluding hydrogens is 298 g/mol. The first-order chi connectivity index (χ1) is 11.0. The van der Waals surface area contributed by atoms with Crippen LogP contribution in [0.25, 0.3) is 0 Å². The number of carbonyl (C=O) groups excluding carboxylic acids is 3. The lowest BCUT2D eigenvalue weighted by molar-refractivity contribution is 0.0585. The third-order valence-electron chi connectivity index (χ3n) is 4.06. The molecule has 0 unspecified atom stereocenters. The van der Waals surface area contributed by atoms with Gasteiger partial charge in [-0.15, -0.1) is 0 Å². The molecule has 1 aliphatic carbocycles. The predicted octanol–water partition coefficient (Wildman–Crippen LogP) is 2.82. The Labute approximate surface area is 135 Å². The molecule has 0 aliphatic heterocycles. The Kier molecular flexibility index (Phi) is 5.36. The van der Waals surface area contributed by atoms with Gasteiger partial charge >= 0.3 is 11.9 Å². The van der Waals surface area contributed by atoms with Crippen LogP contribution in [-0.2, 0) is 9.47 Å². The second-order valence-corrected chi connectivity index (χ2v) is 5.61. The Morgan fingerprint density at radius 2 is 1.52 bits per heavy atom. The van der Waals surface area contributed by atoms with E-state index >= 15 is 0 Å². The fourth-order valence-electron chi connectivity index (χ4n) is 2.86. The van der Waals surface area contributed by atoms with Crippen LogP contribution in [0.1, 0.15) is 63.7 Å². The zero-order valence-corrected chi connectivity index (χ0v) is 13.6. The quantitative estimate of drug-likeness (QED) is 0.664. The molecule has 1 aromatic rings. The van der Waals surface area contributed by atoms with Gasteiger partial charge in [-0.2, -0.15) is 0 Å². The van der Waals surface area contributed by atoms with Gasteiger partial charge in [0.25, 0.3) is 0 Å². The Morgan fingerprint density at radius 1 is 0.957 bits per heavy atom. The van der Waals surface area contributed by atoms with Crippen LogP contribution in [0.3, 0.4) is 0 Å². The van der Waals surface area contributed by atoms with Gasteiger partial charge in [-0.3, -0.25) is 4.79 Å². The van der Waals surface area contributed by atoms with E-state index in [1.54, 1.807) is 0 Å². The summed E-state index contributed by atoms with van der Waals surface area (Å²) in [5.74, 6) is -1.48. The Hall–Kier alpha value is -2.37. The van der Waals surface area contributed by atoms with Crippen molar-refractivity contribution in [1.29, 1.82) is 0 Å². The summed E-state index contributed by atoms with van der Waals surface area (Å²) < 4.78 is 9.54. The molecule has 0 saturated heterocycles. The summed E-state index contributed by atoms with van der Waals surface area (Å²) in [6.45, 7) is 1.34. The minimum absolute atomic E-state index is 0.146. The lowest BCUT2D eigenvalue weighted by atomic mass is 9.98. The molecule has 2 rings (SSSR count). The largest absolute Gasteiger partial charge is 0.465 e. The summed E-state index contributed by atoms with van der Waals surface area (Å²) in [6, 6.07) is 3.15. The summed E-state index contributed by atoms with van der Waals surface area (Å²) in [5.41, 5.74) is 1.04. The standard InChI is InChI=1S/C17H21NO5/c1-10(19)12-8-14(17(21)23-3)15(9-13(12)16(20)22-2)18-11-6-4-5-7-11/h8-9,11,18H,4-7H2,1-3H3. The molecule has 0 atom stereocenters. The number of ketones is 1. The molecule has 1 fully saturated rings. The van der Waals surface area contributed by atoms with E-state index in [1.807, 2.05) is 0 Å². The predicted molar refractivity (Wildman–Crippen MR) is 85.0 cm³/mol. The maximum atomic E-state index is 12.0. The summed E-state index contributed by atoms with van der Waals surface area (Å²) in [5, 5.41) is 3.29. The highest BCUT2D eigenvalue weighted by atomic mass is 16.5. The van der Waals surface area contributed by atoms with Crippen molar-refractivity contribution in [3.05, 3.63) is 28.8 Å². The average Bonchev–Trinajstić information content (AvgIpc) is 3.05. The highest BCUT2D eigenvalue weighted by Crippen LogP contribution is 2.28. The highest BCUT2D eigenvalue weighted by molar-refractivity contribution is 6.09. The van der Waals surface area contributed by atoms with Gasteiger partial charge in [-0.05, 0) is 31.9 Å². The third-order valence-corrected chi connectivity index (χ3v) is 4.06. The van der Waals surface area contributed by atoms with Gasteiger partial charge in [-0.1, -0.05) is 12.8 Å². The molecule has 23 heavy (non-hydrogen) atoms. The molecular formula is C17H21NO5. The van der Waals surface area contributed by atoms with Crippen LogP contribution in [0.4, 0.5) is 5.69 Å². The van der Waals surface area contributed by atoms with Crippen molar-refractivity contribution >= 4 is 23.4 Å². The van der Waals surface area contributed by atoms with E-state index in [1.165, 1.54) is 33.3 Å². The van der Waals surface area contributed by atoms with Gasteiger partial charge in [0.1, 0.15) is 0 Å². The van der Waals surface area contributed by atoms with Crippen molar-refractivity contribution in [1.82, 2.24) is 0 Å². The van der Waals surface area contributed by atoms with Crippen molar-refractivity contribution in [2.75, 3.05) is 19.5 Å². The minimum Gasteiger partial charge on any atom is -0.465 e. The number of ether oxygens (including phenoxy) is 2. The normalized spacial score (nSPS) is 14.4. The van der Waals surface area contributed by atoms with Gasteiger partial charge in [0.15, 0.2) is 5.78 Å².